The van der Waals surface area contributed by atoms with E-state index in [1.54, 1.807) is 6.92 Å². The van der Waals surface area contributed by atoms with Gasteiger partial charge in [-0.2, -0.15) is 5.10 Å². The van der Waals surface area contributed by atoms with Gasteiger partial charge in [0.2, 0.25) is 0 Å². The molecule has 0 aliphatic rings. The molecule has 2 heterocycles. The van der Waals surface area contributed by atoms with Crippen LogP contribution in [0.2, 0.25) is 0 Å². The van der Waals surface area contributed by atoms with Crippen LogP contribution in [-0.4, -0.2) is 30.8 Å². The lowest BCUT2D eigenvalue weighted by atomic mass is 10.1. The van der Waals surface area contributed by atoms with Crippen molar-refractivity contribution in [2.45, 2.75) is 13.0 Å². The van der Waals surface area contributed by atoms with Crippen LogP contribution in [0, 0.1) is 24.4 Å². The van der Waals surface area contributed by atoms with Crippen LogP contribution >= 0.6 is 0 Å². The standard InChI is InChI=1S/C20H15F3N6O2/c1-9-16-17(19(24)26-8-25-16)29(28-9)15-3-2-13(7-14(15)23)27-20(31)18(30)10-4-11(21)6-12(22)5-10/h2-8,18,30H,1H3,(H,27,31)(H2,24,25,26). The van der Waals surface area contributed by atoms with E-state index in [9.17, 15) is 23.1 Å². The van der Waals surface area contributed by atoms with Gasteiger partial charge in [0.15, 0.2) is 17.7 Å². The SMILES string of the molecule is Cc1nn(-c2ccc(NC(=O)C(O)c3cc(F)cc(F)c3)cc2F)c2c(N)ncnc12. The smallest absolute Gasteiger partial charge is 0.257 e. The van der Waals surface area contributed by atoms with Crippen LogP contribution < -0.4 is 11.1 Å². The maximum absolute atomic E-state index is 14.8. The number of aromatic nitrogens is 4. The molecule has 1 atom stereocenters. The molecule has 0 bridgehead atoms. The van der Waals surface area contributed by atoms with Crippen molar-refractivity contribution in [3.63, 3.8) is 0 Å². The Hall–Kier alpha value is -3.99. The molecule has 1 amide bonds. The number of carbonyl (C=O) groups is 1. The summed E-state index contributed by atoms with van der Waals surface area (Å²) in [6.07, 6.45) is -0.579. The molecule has 4 N–H and O–H groups in total. The summed E-state index contributed by atoms with van der Waals surface area (Å²) >= 11 is 0. The molecular formula is C20H15F3N6O2. The highest BCUT2D eigenvalue weighted by atomic mass is 19.1. The van der Waals surface area contributed by atoms with Gasteiger partial charge in [0.1, 0.15) is 34.7 Å². The molecule has 0 spiro atoms. The average molecular weight is 428 g/mol. The van der Waals surface area contributed by atoms with Crippen LogP contribution in [0.15, 0.2) is 42.7 Å². The number of halogens is 3. The summed E-state index contributed by atoms with van der Waals surface area (Å²) in [5.41, 5.74) is 6.98. The van der Waals surface area contributed by atoms with Crippen LogP contribution in [0.25, 0.3) is 16.7 Å². The highest BCUT2D eigenvalue weighted by Crippen LogP contribution is 2.26. The Morgan fingerprint density at radius 1 is 1.13 bits per heavy atom. The summed E-state index contributed by atoms with van der Waals surface area (Å²) in [6, 6.07) is 5.99. The van der Waals surface area contributed by atoms with Crippen molar-refractivity contribution in [1.82, 2.24) is 19.7 Å². The van der Waals surface area contributed by atoms with Crippen LogP contribution in [0.5, 0.6) is 0 Å². The molecule has 4 rings (SSSR count). The van der Waals surface area contributed by atoms with Gasteiger partial charge in [-0.15, -0.1) is 0 Å². The van der Waals surface area contributed by atoms with E-state index < -0.39 is 29.5 Å². The fourth-order valence-corrected chi connectivity index (χ4v) is 3.14. The molecule has 0 aliphatic carbocycles. The number of aryl methyl sites for hydroxylation is 1. The van der Waals surface area contributed by atoms with Gasteiger partial charge >= 0.3 is 0 Å². The number of nitrogens with two attached hydrogens (primary N) is 1. The van der Waals surface area contributed by atoms with E-state index in [1.807, 2.05) is 0 Å². The zero-order valence-electron chi connectivity index (χ0n) is 16.0. The zero-order chi connectivity index (χ0) is 22.3. The van der Waals surface area contributed by atoms with Crippen LogP contribution in [-0.2, 0) is 4.79 Å². The lowest BCUT2D eigenvalue weighted by Gasteiger charge is -2.13. The van der Waals surface area contributed by atoms with E-state index in [0.29, 0.717) is 22.8 Å². The zero-order valence-corrected chi connectivity index (χ0v) is 16.0. The average Bonchev–Trinajstić information content (AvgIpc) is 3.04. The Bertz CT molecular complexity index is 1300. The first-order valence-electron chi connectivity index (χ1n) is 8.95. The lowest BCUT2D eigenvalue weighted by Crippen LogP contribution is -2.21. The number of rotatable bonds is 4. The summed E-state index contributed by atoms with van der Waals surface area (Å²) in [6.45, 7) is 1.69. The normalized spacial score (nSPS) is 12.2. The van der Waals surface area contributed by atoms with Gasteiger partial charge in [0.05, 0.1) is 5.69 Å². The summed E-state index contributed by atoms with van der Waals surface area (Å²) in [5, 5.41) is 16.6. The molecule has 4 aromatic rings. The Kier molecular flexibility index (Phi) is 5.03. The van der Waals surface area contributed by atoms with Crippen molar-refractivity contribution in [3.8, 4) is 5.69 Å². The summed E-state index contributed by atoms with van der Waals surface area (Å²) < 4.78 is 42.7. The predicted molar refractivity (Wildman–Crippen MR) is 106 cm³/mol. The molecule has 0 fully saturated rings. The lowest BCUT2D eigenvalue weighted by molar-refractivity contribution is -0.124. The Labute approximate surface area is 173 Å². The van der Waals surface area contributed by atoms with E-state index in [-0.39, 0.29) is 22.8 Å². The molecule has 11 heteroatoms. The van der Waals surface area contributed by atoms with Crippen molar-refractivity contribution in [1.29, 1.82) is 0 Å². The van der Waals surface area contributed by atoms with Crippen molar-refractivity contribution in [3.05, 3.63) is 71.4 Å². The molecule has 31 heavy (non-hydrogen) atoms. The Morgan fingerprint density at radius 3 is 2.52 bits per heavy atom. The number of amides is 1. The van der Waals surface area contributed by atoms with Crippen LogP contribution in [0.1, 0.15) is 17.4 Å². The number of carbonyl (C=O) groups excluding carboxylic acids is 1. The topological polar surface area (TPSA) is 119 Å². The highest BCUT2D eigenvalue weighted by molar-refractivity contribution is 5.95. The van der Waals surface area contributed by atoms with E-state index in [0.717, 1.165) is 18.2 Å². The Morgan fingerprint density at radius 2 is 1.84 bits per heavy atom. The molecule has 2 aromatic carbocycles. The van der Waals surface area contributed by atoms with E-state index >= 15 is 0 Å². The Balaban J connectivity index is 1.62. The van der Waals surface area contributed by atoms with Gasteiger partial charge in [-0.05, 0) is 42.8 Å². The molecule has 8 nitrogen and oxygen atoms in total. The number of aliphatic hydroxyl groups excluding tert-OH is 1. The monoisotopic (exact) mass is 428 g/mol. The van der Waals surface area contributed by atoms with E-state index in [1.165, 1.54) is 23.1 Å². The fraction of sp³-hybridized carbons (Fsp3) is 0.100. The third kappa shape index (κ3) is 3.78. The predicted octanol–water partition coefficient (Wildman–Crippen LogP) is 2.80. The van der Waals surface area contributed by atoms with Crippen LogP contribution in [0.3, 0.4) is 0 Å². The third-order valence-corrected chi connectivity index (χ3v) is 4.55. The number of nitrogens with one attached hydrogen (secondary N) is 1. The molecule has 2 aromatic heterocycles. The first kappa shape index (κ1) is 20.3. The molecular weight excluding hydrogens is 413 g/mol. The summed E-state index contributed by atoms with van der Waals surface area (Å²) in [4.78, 5) is 20.2. The van der Waals surface area contributed by atoms with Crippen molar-refractivity contribution in [2.75, 3.05) is 11.1 Å². The first-order chi connectivity index (χ1) is 14.7. The van der Waals surface area contributed by atoms with Crippen LogP contribution in [0.4, 0.5) is 24.7 Å². The number of nitrogens with zero attached hydrogens (tertiary/aromatic N) is 4. The largest absolute Gasteiger partial charge is 0.382 e. The summed E-state index contributed by atoms with van der Waals surface area (Å²) in [7, 11) is 0. The second kappa shape index (κ2) is 7.69. The van der Waals surface area contributed by atoms with Gasteiger partial charge in [0, 0.05) is 11.8 Å². The molecule has 1 unspecified atom stereocenters. The number of hydrogen-bond donors (Lipinski definition) is 3. The maximum atomic E-state index is 14.8. The first-order valence-corrected chi connectivity index (χ1v) is 8.95. The van der Waals surface area contributed by atoms with Gasteiger partial charge in [-0.25, -0.2) is 27.8 Å². The number of nitrogen functional groups attached to an aromatic ring is 1. The van der Waals surface area contributed by atoms with Crippen molar-refractivity contribution < 1.29 is 23.1 Å². The van der Waals surface area contributed by atoms with E-state index in [2.05, 4.69) is 20.4 Å². The van der Waals surface area contributed by atoms with Gasteiger partial charge < -0.3 is 16.2 Å². The quantitative estimate of drug-likeness (QED) is 0.460. The minimum atomic E-state index is -1.86. The van der Waals surface area contributed by atoms with Gasteiger partial charge in [0.25, 0.3) is 5.91 Å². The minimum absolute atomic E-state index is 0.0135. The molecule has 0 radical (unpaired) electrons. The maximum Gasteiger partial charge on any atom is 0.257 e. The van der Waals surface area contributed by atoms with Crippen molar-refractivity contribution >= 4 is 28.4 Å². The van der Waals surface area contributed by atoms with Crippen molar-refractivity contribution in [2.24, 2.45) is 0 Å². The highest BCUT2D eigenvalue weighted by Gasteiger charge is 2.21. The van der Waals surface area contributed by atoms with E-state index in [4.69, 9.17) is 5.73 Å². The molecule has 158 valence electrons. The molecule has 0 aliphatic heterocycles. The van der Waals surface area contributed by atoms with Gasteiger partial charge in [-0.3, -0.25) is 4.79 Å². The number of hydrogen-bond acceptors (Lipinski definition) is 6. The second-order valence-corrected chi connectivity index (χ2v) is 6.71. The molecule has 0 saturated carbocycles. The number of fused-ring (bicyclic) bond motifs is 1. The summed E-state index contributed by atoms with van der Waals surface area (Å²) in [5.74, 6) is -3.51. The molecule has 0 saturated heterocycles. The minimum Gasteiger partial charge on any atom is -0.382 e. The van der Waals surface area contributed by atoms with Gasteiger partial charge in [-0.1, -0.05) is 0 Å². The number of anilines is 2. The third-order valence-electron chi connectivity index (χ3n) is 4.55. The number of aliphatic hydroxyl groups is 1. The number of benzene rings is 2. The fourth-order valence-electron chi connectivity index (χ4n) is 3.14. The second-order valence-electron chi connectivity index (χ2n) is 6.71.